The number of hydrogen-bond donors (Lipinski definition) is 0. The summed E-state index contributed by atoms with van der Waals surface area (Å²) in [5.41, 5.74) is 5.44. The van der Waals surface area contributed by atoms with E-state index in [2.05, 4.69) is 47.5 Å². The Morgan fingerprint density at radius 2 is 1.35 bits per heavy atom. The monoisotopic (exact) mass is 333 g/mol. The number of allylic oxidation sites excluding steroid dienone is 1. The molecule has 0 aliphatic carbocycles. The van der Waals surface area contributed by atoms with Crippen LogP contribution in [0.1, 0.15) is 23.6 Å². The first-order valence-corrected chi connectivity index (χ1v) is 8.28. The van der Waals surface area contributed by atoms with Crippen molar-refractivity contribution < 1.29 is 0 Å². The first-order chi connectivity index (χ1) is 12.7. The van der Waals surface area contributed by atoms with Gasteiger partial charge in [0, 0.05) is 16.3 Å². The van der Waals surface area contributed by atoms with Gasteiger partial charge in [-0.15, -0.1) is 0 Å². The van der Waals surface area contributed by atoms with Crippen LogP contribution in [-0.4, -0.2) is 4.57 Å². The highest BCUT2D eigenvalue weighted by Crippen LogP contribution is 2.35. The van der Waals surface area contributed by atoms with Gasteiger partial charge in [0.25, 0.3) is 0 Å². The quantitative estimate of drug-likeness (QED) is 0.482. The number of fused-ring (bicyclic) bond motifs is 3. The van der Waals surface area contributed by atoms with Crippen molar-refractivity contribution in [2.45, 2.75) is 6.92 Å². The standard InChI is InChI=1S/C23H15N3/c1-15(2)20-11-16(13-24)17(14-25)12-23(20)26-21-9-5-3-7-18(21)19-8-4-6-10-22(19)26/h3-12H,1H2,2H3. The number of benzene rings is 3. The molecular weight excluding hydrogens is 318 g/mol. The van der Waals surface area contributed by atoms with Gasteiger partial charge in [0.15, 0.2) is 0 Å². The van der Waals surface area contributed by atoms with E-state index >= 15 is 0 Å². The Hall–Kier alpha value is -3.82. The molecular formula is C23H15N3. The molecule has 0 unspecified atom stereocenters. The predicted octanol–water partition coefficient (Wildman–Crippen LogP) is 5.56. The molecule has 0 aliphatic heterocycles. The molecule has 0 saturated carbocycles. The number of nitriles is 2. The first-order valence-electron chi connectivity index (χ1n) is 8.28. The zero-order chi connectivity index (χ0) is 18.3. The zero-order valence-electron chi connectivity index (χ0n) is 14.3. The van der Waals surface area contributed by atoms with E-state index in [0.29, 0.717) is 11.1 Å². The number of hydrogen-bond acceptors (Lipinski definition) is 2. The van der Waals surface area contributed by atoms with E-state index in [-0.39, 0.29) is 0 Å². The average Bonchev–Trinajstić information content (AvgIpc) is 3.01. The lowest BCUT2D eigenvalue weighted by molar-refractivity contribution is 1.16. The molecule has 26 heavy (non-hydrogen) atoms. The lowest BCUT2D eigenvalue weighted by Crippen LogP contribution is -2.01. The normalized spacial score (nSPS) is 10.6. The minimum Gasteiger partial charge on any atom is -0.309 e. The molecule has 0 fully saturated rings. The molecule has 0 aliphatic rings. The van der Waals surface area contributed by atoms with Crippen molar-refractivity contribution in [2.75, 3.05) is 0 Å². The van der Waals surface area contributed by atoms with E-state index in [4.69, 9.17) is 0 Å². The third-order valence-corrected chi connectivity index (χ3v) is 4.66. The van der Waals surface area contributed by atoms with Gasteiger partial charge in [0.1, 0.15) is 12.1 Å². The highest BCUT2D eigenvalue weighted by Gasteiger charge is 2.17. The van der Waals surface area contributed by atoms with Gasteiger partial charge >= 0.3 is 0 Å². The van der Waals surface area contributed by atoms with Crippen LogP contribution in [0.25, 0.3) is 33.1 Å². The van der Waals surface area contributed by atoms with Crippen molar-refractivity contribution in [2.24, 2.45) is 0 Å². The van der Waals surface area contributed by atoms with Gasteiger partial charge in [0.05, 0.1) is 27.8 Å². The van der Waals surface area contributed by atoms with Gasteiger partial charge in [-0.1, -0.05) is 43.0 Å². The van der Waals surface area contributed by atoms with Crippen molar-refractivity contribution in [1.82, 2.24) is 4.57 Å². The first kappa shape index (κ1) is 15.7. The minimum atomic E-state index is 0.370. The summed E-state index contributed by atoms with van der Waals surface area (Å²) in [6.07, 6.45) is 0. The molecule has 0 N–H and O–H groups in total. The van der Waals surface area contributed by atoms with Crippen LogP contribution in [-0.2, 0) is 0 Å². The Kier molecular flexibility index (Phi) is 3.57. The molecule has 4 rings (SSSR count). The van der Waals surface area contributed by atoms with Crippen molar-refractivity contribution in [3.63, 3.8) is 0 Å². The van der Waals surface area contributed by atoms with Crippen LogP contribution in [0.15, 0.2) is 67.2 Å². The van der Waals surface area contributed by atoms with Gasteiger partial charge < -0.3 is 4.57 Å². The van der Waals surface area contributed by atoms with Gasteiger partial charge in [-0.2, -0.15) is 10.5 Å². The van der Waals surface area contributed by atoms with Gasteiger partial charge in [-0.25, -0.2) is 0 Å². The molecule has 122 valence electrons. The Morgan fingerprint density at radius 3 is 1.85 bits per heavy atom. The highest BCUT2D eigenvalue weighted by atomic mass is 15.0. The van der Waals surface area contributed by atoms with E-state index in [1.807, 2.05) is 31.2 Å². The maximum atomic E-state index is 9.49. The maximum Gasteiger partial charge on any atom is 0.101 e. The Bertz CT molecular complexity index is 1220. The fourth-order valence-corrected chi connectivity index (χ4v) is 3.48. The highest BCUT2D eigenvalue weighted by molar-refractivity contribution is 6.09. The third-order valence-electron chi connectivity index (χ3n) is 4.66. The van der Waals surface area contributed by atoms with Crippen LogP contribution >= 0.6 is 0 Å². The van der Waals surface area contributed by atoms with Crippen molar-refractivity contribution in [3.8, 4) is 17.8 Å². The van der Waals surface area contributed by atoms with Crippen LogP contribution in [0, 0.1) is 22.7 Å². The molecule has 4 aromatic rings. The number of para-hydroxylation sites is 2. The molecule has 3 aromatic carbocycles. The van der Waals surface area contributed by atoms with E-state index in [0.717, 1.165) is 38.6 Å². The van der Waals surface area contributed by atoms with Crippen molar-refractivity contribution in [3.05, 3.63) is 83.9 Å². The van der Waals surface area contributed by atoms with Gasteiger partial charge in [-0.3, -0.25) is 0 Å². The maximum absolute atomic E-state index is 9.49. The number of rotatable bonds is 2. The molecule has 0 saturated heterocycles. The second kappa shape index (κ2) is 5.92. The SMILES string of the molecule is C=C(C)c1cc(C#N)c(C#N)cc1-n1c2ccccc2c2ccccc21. The van der Waals surface area contributed by atoms with E-state index in [1.165, 1.54) is 0 Å². The lowest BCUT2D eigenvalue weighted by atomic mass is 9.99. The summed E-state index contributed by atoms with van der Waals surface area (Å²) in [6, 6.07) is 24.2. The molecule has 0 radical (unpaired) electrons. The Labute approximate surface area is 151 Å². The second-order valence-electron chi connectivity index (χ2n) is 6.29. The molecule has 0 atom stereocenters. The summed E-state index contributed by atoms with van der Waals surface area (Å²) < 4.78 is 2.15. The van der Waals surface area contributed by atoms with E-state index in [9.17, 15) is 10.5 Å². The molecule has 0 bridgehead atoms. The molecule has 1 aromatic heterocycles. The van der Waals surface area contributed by atoms with Crippen molar-refractivity contribution >= 4 is 27.4 Å². The van der Waals surface area contributed by atoms with Crippen LogP contribution in [0.2, 0.25) is 0 Å². The topological polar surface area (TPSA) is 52.5 Å². The predicted molar refractivity (Wildman–Crippen MR) is 105 cm³/mol. The molecule has 1 heterocycles. The fraction of sp³-hybridized carbons (Fsp3) is 0.0435. The smallest absolute Gasteiger partial charge is 0.101 e. The summed E-state index contributed by atoms with van der Waals surface area (Å²) in [5.74, 6) is 0. The van der Waals surface area contributed by atoms with Crippen LogP contribution in [0.4, 0.5) is 0 Å². The van der Waals surface area contributed by atoms with Crippen LogP contribution in [0.3, 0.4) is 0 Å². The van der Waals surface area contributed by atoms with Gasteiger partial charge in [-0.05, 0) is 36.8 Å². The molecule has 0 spiro atoms. The van der Waals surface area contributed by atoms with Crippen LogP contribution in [0.5, 0.6) is 0 Å². The summed E-state index contributed by atoms with van der Waals surface area (Å²) in [5, 5.41) is 21.2. The van der Waals surface area contributed by atoms with E-state index in [1.54, 1.807) is 12.1 Å². The van der Waals surface area contributed by atoms with Gasteiger partial charge in [0.2, 0.25) is 0 Å². The third kappa shape index (κ3) is 2.19. The lowest BCUT2D eigenvalue weighted by Gasteiger charge is -2.15. The summed E-state index contributed by atoms with van der Waals surface area (Å²) in [4.78, 5) is 0. The average molecular weight is 333 g/mol. The number of aromatic nitrogens is 1. The number of nitrogens with zero attached hydrogens (tertiary/aromatic N) is 3. The van der Waals surface area contributed by atoms with Crippen molar-refractivity contribution in [1.29, 1.82) is 10.5 Å². The summed E-state index contributed by atoms with van der Waals surface area (Å²) in [6.45, 7) is 6.00. The molecule has 3 nitrogen and oxygen atoms in total. The Morgan fingerprint density at radius 1 is 0.846 bits per heavy atom. The second-order valence-corrected chi connectivity index (χ2v) is 6.29. The summed E-state index contributed by atoms with van der Waals surface area (Å²) >= 11 is 0. The van der Waals surface area contributed by atoms with Crippen LogP contribution < -0.4 is 0 Å². The zero-order valence-corrected chi connectivity index (χ0v) is 14.3. The minimum absolute atomic E-state index is 0.370. The largest absolute Gasteiger partial charge is 0.309 e. The molecule has 0 amide bonds. The molecule has 3 heteroatoms. The Balaban J connectivity index is 2.22. The fourth-order valence-electron chi connectivity index (χ4n) is 3.48. The summed E-state index contributed by atoms with van der Waals surface area (Å²) in [7, 11) is 0. The van der Waals surface area contributed by atoms with E-state index < -0.39 is 0 Å².